The van der Waals surface area contributed by atoms with Gasteiger partial charge in [-0.25, -0.2) is 0 Å². The highest BCUT2D eigenvalue weighted by molar-refractivity contribution is 5.77. The summed E-state index contributed by atoms with van der Waals surface area (Å²) >= 11 is 0. The Balaban J connectivity index is 2.43. The molecule has 0 aliphatic carbocycles. The molecule has 0 radical (unpaired) electrons. The van der Waals surface area contributed by atoms with E-state index in [1.807, 2.05) is 0 Å². The Morgan fingerprint density at radius 2 is 1.71 bits per heavy atom. The minimum Gasteiger partial charge on any atom is -0.338 e. The summed E-state index contributed by atoms with van der Waals surface area (Å²) in [5.74, 6) is -0.0622. The molecule has 0 atom stereocenters. The molecule has 0 heterocycles. The second-order valence-electron chi connectivity index (χ2n) is 7.09. The van der Waals surface area contributed by atoms with E-state index in [4.69, 9.17) is 5.26 Å². The maximum absolute atomic E-state index is 11.7. The molecule has 0 saturated carbocycles. The van der Waals surface area contributed by atoms with Crippen molar-refractivity contribution >= 4 is 5.91 Å². The van der Waals surface area contributed by atoms with Crippen molar-refractivity contribution in [3.63, 3.8) is 0 Å². The molecule has 0 fully saturated rings. The van der Waals surface area contributed by atoms with E-state index >= 15 is 0 Å². The lowest BCUT2D eigenvalue weighted by atomic mass is 9.86. The fraction of sp³-hybridized carbons (Fsp3) is 0.556. The van der Waals surface area contributed by atoms with Gasteiger partial charge >= 0.3 is 0 Å². The lowest BCUT2D eigenvalue weighted by Gasteiger charge is -2.19. The molecule has 1 aromatic carbocycles. The van der Waals surface area contributed by atoms with Crippen molar-refractivity contribution in [3.05, 3.63) is 35.4 Å². The number of nitrogens with one attached hydrogen (secondary N) is 1. The average Bonchev–Trinajstić information content (AvgIpc) is 2.37. The maximum Gasteiger partial charge on any atom is 0.221 e. The molecular weight excluding hydrogens is 260 g/mol. The van der Waals surface area contributed by atoms with Gasteiger partial charge in [0.05, 0.1) is 6.07 Å². The number of nitrogens with zero attached hydrogens (tertiary/aromatic N) is 1. The standard InChI is InChI=1S/C18H26N2O/c1-17(2,3)15-11-9-14(10-12-15)7-6-8-16(21)20-18(4,5)13-19/h9-12H,6-8H2,1-5H3,(H,20,21). The number of rotatable bonds is 5. The van der Waals surface area contributed by atoms with Gasteiger partial charge in [-0.15, -0.1) is 0 Å². The monoisotopic (exact) mass is 286 g/mol. The van der Waals surface area contributed by atoms with Crippen LogP contribution in [0.15, 0.2) is 24.3 Å². The van der Waals surface area contributed by atoms with Crippen molar-refractivity contribution in [3.8, 4) is 6.07 Å². The van der Waals surface area contributed by atoms with Crippen molar-refractivity contribution in [1.29, 1.82) is 5.26 Å². The zero-order chi connectivity index (χ0) is 16.1. The van der Waals surface area contributed by atoms with Crippen LogP contribution in [-0.4, -0.2) is 11.4 Å². The quantitative estimate of drug-likeness (QED) is 0.896. The van der Waals surface area contributed by atoms with Gasteiger partial charge in [-0.2, -0.15) is 5.26 Å². The lowest BCUT2D eigenvalue weighted by molar-refractivity contribution is -0.122. The average molecular weight is 286 g/mol. The van der Waals surface area contributed by atoms with Gasteiger partial charge < -0.3 is 5.32 Å². The van der Waals surface area contributed by atoms with E-state index in [0.717, 1.165) is 12.8 Å². The number of amides is 1. The Kier molecular flexibility index (Phi) is 5.54. The predicted octanol–water partition coefficient (Wildman–Crippen LogP) is 3.73. The molecule has 0 unspecified atom stereocenters. The molecule has 0 saturated heterocycles. The molecule has 0 bridgehead atoms. The minimum atomic E-state index is -0.786. The summed E-state index contributed by atoms with van der Waals surface area (Å²) < 4.78 is 0. The highest BCUT2D eigenvalue weighted by Gasteiger charge is 2.18. The summed E-state index contributed by atoms with van der Waals surface area (Å²) in [6.07, 6.45) is 2.12. The van der Waals surface area contributed by atoms with E-state index in [-0.39, 0.29) is 11.3 Å². The van der Waals surface area contributed by atoms with Gasteiger partial charge in [0, 0.05) is 6.42 Å². The summed E-state index contributed by atoms with van der Waals surface area (Å²) in [5.41, 5.74) is 1.95. The zero-order valence-corrected chi connectivity index (χ0v) is 13.8. The SMILES string of the molecule is CC(C)(C#N)NC(=O)CCCc1ccc(C(C)(C)C)cc1. The van der Waals surface area contributed by atoms with Crippen LogP contribution >= 0.6 is 0 Å². The topological polar surface area (TPSA) is 52.9 Å². The van der Waals surface area contributed by atoms with Crippen LogP contribution in [0.25, 0.3) is 0 Å². The maximum atomic E-state index is 11.7. The zero-order valence-electron chi connectivity index (χ0n) is 13.8. The summed E-state index contributed by atoms with van der Waals surface area (Å²) in [5, 5.41) is 11.6. The Morgan fingerprint density at radius 1 is 1.14 bits per heavy atom. The smallest absolute Gasteiger partial charge is 0.221 e. The molecule has 0 spiro atoms. The second-order valence-corrected chi connectivity index (χ2v) is 7.09. The van der Waals surface area contributed by atoms with Crippen LogP contribution in [-0.2, 0) is 16.6 Å². The van der Waals surface area contributed by atoms with Gasteiger partial charge in [0.2, 0.25) is 5.91 Å². The Morgan fingerprint density at radius 3 is 2.19 bits per heavy atom. The van der Waals surface area contributed by atoms with E-state index in [2.05, 4.69) is 56.4 Å². The van der Waals surface area contributed by atoms with Gasteiger partial charge in [-0.05, 0) is 43.2 Å². The molecule has 0 aliphatic heterocycles. The van der Waals surface area contributed by atoms with Crippen LogP contribution in [0.5, 0.6) is 0 Å². The second kappa shape index (κ2) is 6.76. The number of nitriles is 1. The fourth-order valence-electron chi connectivity index (χ4n) is 2.06. The van der Waals surface area contributed by atoms with E-state index in [1.54, 1.807) is 13.8 Å². The third-order valence-corrected chi connectivity index (χ3v) is 3.42. The van der Waals surface area contributed by atoms with Gasteiger partial charge in [-0.3, -0.25) is 4.79 Å². The van der Waals surface area contributed by atoms with Crippen molar-refractivity contribution in [2.75, 3.05) is 0 Å². The Hall–Kier alpha value is -1.82. The van der Waals surface area contributed by atoms with Crippen LogP contribution in [0.3, 0.4) is 0 Å². The van der Waals surface area contributed by atoms with E-state index in [1.165, 1.54) is 11.1 Å². The molecule has 1 N–H and O–H groups in total. The molecular formula is C18H26N2O. The molecule has 1 aromatic rings. The van der Waals surface area contributed by atoms with Crippen molar-refractivity contribution < 1.29 is 4.79 Å². The first kappa shape index (κ1) is 17.2. The van der Waals surface area contributed by atoms with Crippen LogP contribution in [0, 0.1) is 11.3 Å². The summed E-state index contributed by atoms with van der Waals surface area (Å²) in [7, 11) is 0. The largest absolute Gasteiger partial charge is 0.338 e. The minimum absolute atomic E-state index is 0.0622. The molecule has 3 nitrogen and oxygen atoms in total. The van der Waals surface area contributed by atoms with Crippen LogP contribution in [0.2, 0.25) is 0 Å². The molecule has 3 heteroatoms. The summed E-state index contributed by atoms with van der Waals surface area (Å²) in [6.45, 7) is 10.0. The number of aryl methyl sites for hydroxylation is 1. The Labute approximate surface area is 128 Å². The first-order chi connectivity index (χ1) is 9.64. The number of carbonyl (C=O) groups excluding carboxylic acids is 1. The van der Waals surface area contributed by atoms with Crippen molar-refractivity contribution in [2.24, 2.45) is 0 Å². The molecule has 21 heavy (non-hydrogen) atoms. The van der Waals surface area contributed by atoms with Crippen LogP contribution in [0.4, 0.5) is 0 Å². The highest BCUT2D eigenvalue weighted by atomic mass is 16.1. The Bertz CT molecular complexity index is 516. The number of hydrogen-bond acceptors (Lipinski definition) is 2. The van der Waals surface area contributed by atoms with Gasteiger partial charge in [-0.1, -0.05) is 45.0 Å². The van der Waals surface area contributed by atoms with Crippen molar-refractivity contribution in [1.82, 2.24) is 5.32 Å². The van der Waals surface area contributed by atoms with E-state index in [9.17, 15) is 4.79 Å². The highest BCUT2D eigenvalue weighted by Crippen LogP contribution is 2.22. The number of hydrogen-bond donors (Lipinski definition) is 1. The molecule has 1 amide bonds. The third kappa shape index (κ3) is 5.99. The molecule has 1 rings (SSSR count). The molecule has 114 valence electrons. The van der Waals surface area contributed by atoms with Crippen LogP contribution < -0.4 is 5.32 Å². The molecule has 0 aromatic heterocycles. The molecule has 0 aliphatic rings. The lowest BCUT2D eigenvalue weighted by Crippen LogP contribution is -2.41. The normalized spacial score (nSPS) is 11.8. The fourth-order valence-corrected chi connectivity index (χ4v) is 2.06. The van der Waals surface area contributed by atoms with E-state index in [0.29, 0.717) is 6.42 Å². The third-order valence-electron chi connectivity index (χ3n) is 3.42. The van der Waals surface area contributed by atoms with Gasteiger partial charge in [0.15, 0.2) is 0 Å². The van der Waals surface area contributed by atoms with Crippen LogP contribution in [0.1, 0.15) is 58.6 Å². The van der Waals surface area contributed by atoms with Crippen molar-refractivity contribution in [2.45, 2.75) is 64.8 Å². The summed E-state index contributed by atoms with van der Waals surface area (Å²) in [6, 6.07) is 10.7. The van der Waals surface area contributed by atoms with E-state index < -0.39 is 5.54 Å². The first-order valence-corrected chi connectivity index (χ1v) is 7.46. The number of benzene rings is 1. The number of carbonyl (C=O) groups is 1. The summed E-state index contributed by atoms with van der Waals surface area (Å²) in [4.78, 5) is 11.7. The van der Waals surface area contributed by atoms with Gasteiger partial charge in [0.25, 0.3) is 0 Å². The predicted molar refractivity (Wildman–Crippen MR) is 85.9 cm³/mol. The first-order valence-electron chi connectivity index (χ1n) is 7.46. The van der Waals surface area contributed by atoms with Gasteiger partial charge in [0.1, 0.15) is 5.54 Å².